The molecule has 2 bridgehead atoms. The molecule has 0 unspecified atom stereocenters. The summed E-state index contributed by atoms with van der Waals surface area (Å²) in [4.78, 5) is 47.3. The number of piperidine rings is 1. The summed E-state index contributed by atoms with van der Waals surface area (Å²) >= 11 is 0. The van der Waals surface area contributed by atoms with E-state index in [1.165, 1.54) is 17.8 Å². The summed E-state index contributed by atoms with van der Waals surface area (Å²) in [5, 5.41) is 17.3. The molecule has 6 rings (SSSR count). The highest BCUT2D eigenvalue weighted by Crippen LogP contribution is 2.45. The minimum atomic E-state index is -0.308. The Labute approximate surface area is 223 Å². The van der Waals surface area contributed by atoms with E-state index in [1.807, 2.05) is 17.0 Å². The largest absolute Gasteiger partial charge is 0.383 e. The molecule has 3 amide bonds. The Morgan fingerprint density at radius 2 is 1.82 bits per heavy atom. The van der Waals surface area contributed by atoms with E-state index in [-0.39, 0.29) is 47.4 Å². The molecule has 2 aliphatic rings. The molecule has 0 radical (unpaired) electrons. The highest BCUT2D eigenvalue weighted by Gasteiger charge is 2.45. The number of aromatic amines is 1. The molecule has 3 atom stereocenters. The van der Waals surface area contributed by atoms with E-state index >= 15 is 0 Å². The Balaban J connectivity index is 1.36. The molecule has 13 nitrogen and oxygen atoms in total. The summed E-state index contributed by atoms with van der Waals surface area (Å²) in [6.45, 7) is 1.49. The number of rotatable bonds is 5. The number of benzene rings is 1. The summed E-state index contributed by atoms with van der Waals surface area (Å²) < 4.78 is 1.50. The number of urea groups is 1. The van der Waals surface area contributed by atoms with Gasteiger partial charge in [0.2, 0.25) is 5.82 Å². The van der Waals surface area contributed by atoms with Crippen molar-refractivity contribution < 1.29 is 14.4 Å². The van der Waals surface area contributed by atoms with Gasteiger partial charge >= 0.3 is 6.03 Å². The Kier molecular flexibility index (Phi) is 5.97. The summed E-state index contributed by atoms with van der Waals surface area (Å²) in [7, 11) is 1.55. The second kappa shape index (κ2) is 9.49. The maximum atomic E-state index is 13.1. The molecule has 0 saturated carbocycles. The smallest absolute Gasteiger partial charge is 0.318 e. The lowest BCUT2D eigenvalue weighted by atomic mass is 9.85. The molecule has 0 spiro atoms. The average Bonchev–Trinajstić information content (AvgIpc) is 3.67. The number of anilines is 2. The first-order valence-corrected chi connectivity index (χ1v) is 12.8. The highest BCUT2D eigenvalue weighted by molar-refractivity contribution is 6.00. The first-order chi connectivity index (χ1) is 18.9. The van der Waals surface area contributed by atoms with Gasteiger partial charge in [-0.15, -0.1) is 10.2 Å². The zero-order valence-electron chi connectivity index (χ0n) is 21.5. The van der Waals surface area contributed by atoms with Gasteiger partial charge in [0, 0.05) is 36.3 Å². The number of hydrogen-bond donors (Lipinski definition) is 4. The van der Waals surface area contributed by atoms with E-state index in [0.29, 0.717) is 35.4 Å². The lowest BCUT2D eigenvalue weighted by Crippen LogP contribution is -2.46. The van der Waals surface area contributed by atoms with Gasteiger partial charge in [0.1, 0.15) is 12.1 Å². The molecule has 3 aromatic heterocycles. The minimum absolute atomic E-state index is 0.00940. The van der Waals surface area contributed by atoms with Gasteiger partial charge in [-0.05, 0) is 50.3 Å². The van der Waals surface area contributed by atoms with Crippen LogP contribution in [0.2, 0.25) is 0 Å². The van der Waals surface area contributed by atoms with Gasteiger partial charge in [-0.3, -0.25) is 9.59 Å². The van der Waals surface area contributed by atoms with Crippen LogP contribution < -0.4 is 16.4 Å². The Morgan fingerprint density at radius 3 is 2.44 bits per heavy atom. The van der Waals surface area contributed by atoms with Crippen molar-refractivity contribution in [3.63, 3.8) is 0 Å². The first kappa shape index (κ1) is 24.5. The van der Waals surface area contributed by atoms with Crippen LogP contribution in [0.25, 0.3) is 16.8 Å². The summed E-state index contributed by atoms with van der Waals surface area (Å²) in [6.07, 6.45) is 6.17. The standard InChI is InChI=1S/C26H28N10O3/c1-13(37)20-21(15-9-17-7-8-18(10-15)35(17)25(38)23-29-12-30-34-23)33-24-19(11-31-36(24)22(20)27)14-3-5-16(6-4-14)32-26(39)28-2/h3-6,11-12,15,17-18H,7-10,27H2,1-2H3,(H2,28,32,39)(H,29,30,34)/t15-,17+,18-. The van der Waals surface area contributed by atoms with Crippen molar-refractivity contribution in [2.24, 2.45) is 0 Å². The number of amides is 3. The van der Waals surface area contributed by atoms with Crippen molar-refractivity contribution in [1.82, 2.24) is 40.0 Å². The van der Waals surface area contributed by atoms with Gasteiger partial charge in [0.05, 0.1) is 17.5 Å². The fourth-order valence-electron chi connectivity index (χ4n) is 5.98. The Morgan fingerprint density at radius 1 is 1.10 bits per heavy atom. The highest BCUT2D eigenvalue weighted by atomic mass is 16.2. The van der Waals surface area contributed by atoms with Crippen LogP contribution in [-0.4, -0.2) is 71.5 Å². The van der Waals surface area contributed by atoms with E-state index in [2.05, 4.69) is 30.9 Å². The zero-order chi connectivity index (χ0) is 27.3. The summed E-state index contributed by atoms with van der Waals surface area (Å²) in [5.74, 6) is 0.110. The van der Waals surface area contributed by atoms with Crippen molar-refractivity contribution in [2.45, 2.75) is 50.6 Å². The maximum Gasteiger partial charge on any atom is 0.318 e. The lowest BCUT2D eigenvalue weighted by molar-refractivity contribution is 0.0556. The maximum absolute atomic E-state index is 13.1. The van der Waals surface area contributed by atoms with E-state index in [9.17, 15) is 14.4 Å². The SMILES string of the molecule is CNC(=O)Nc1ccc(-c2cnn3c(N)c(C(C)=O)c([C@H]4C[C@H]5CC[C@@H](C4)N5C(=O)c4nnc[nH]4)nc23)cc1. The van der Waals surface area contributed by atoms with Crippen molar-refractivity contribution in [1.29, 1.82) is 0 Å². The molecular formula is C26H28N10O3. The number of carbonyl (C=O) groups is 3. The Bertz CT molecular complexity index is 1560. The molecule has 4 aromatic rings. The molecule has 0 aliphatic carbocycles. The Hall–Kier alpha value is -4.81. The van der Waals surface area contributed by atoms with Crippen LogP contribution >= 0.6 is 0 Å². The topological polar surface area (TPSA) is 176 Å². The van der Waals surface area contributed by atoms with Crippen LogP contribution in [0.15, 0.2) is 36.8 Å². The number of H-pyrrole nitrogens is 1. The van der Waals surface area contributed by atoms with Crippen molar-refractivity contribution >= 4 is 34.9 Å². The molecule has 2 aliphatic heterocycles. The minimum Gasteiger partial charge on any atom is -0.383 e. The number of ketones is 1. The molecule has 2 fully saturated rings. The number of hydrogen-bond acceptors (Lipinski definition) is 8. The van der Waals surface area contributed by atoms with Gasteiger partial charge in [0.25, 0.3) is 5.91 Å². The van der Waals surface area contributed by atoms with Crippen molar-refractivity contribution in [3.05, 3.63) is 53.9 Å². The fraction of sp³-hybridized carbons (Fsp3) is 0.346. The second-order valence-electron chi connectivity index (χ2n) is 9.99. The van der Waals surface area contributed by atoms with E-state index in [4.69, 9.17) is 10.7 Å². The quantitative estimate of drug-likeness (QED) is 0.286. The van der Waals surface area contributed by atoms with E-state index < -0.39 is 0 Å². The van der Waals surface area contributed by atoms with Gasteiger partial charge in [-0.2, -0.15) is 9.61 Å². The predicted octanol–water partition coefficient (Wildman–Crippen LogP) is 2.60. The molecule has 2 saturated heterocycles. The summed E-state index contributed by atoms with van der Waals surface area (Å²) in [5.41, 5.74) is 10.4. The number of nitrogens with one attached hydrogen (secondary N) is 3. The van der Waals surface area contributed by atoms with Crippen LogP contribution in [0.1, 0.15) is 65.2 Å². The number of nitrogens with zero attached hydrogens (tertiary/aromatic N) is 6. The number of fused-ring (bicyclic) bond motifs is 3. The molecular weight excluding hydrogens is 500 g/mol. The molecule has 1 aromatic carbocycles. The normalized spacial score (nSPS) is 20.3. The first-order valence-electron chi connectivity index (χ1n) is 12.8. The molecule has 13 heteroatoms. The predicted molar refractivity (Wildman–Crippen MR) is 142 cm³/mol. The monoisotopic (exact) mass is 528 g/mol. The number of nitrogens with two attached hydrogens (primary N) is 1. The van der Waals surface area contributed by atoms with Gasteiger partial charge < -0.3 is 26.3 Å². The van der Waals surface area contributed by atoms with Crippen LogP contribution in [0.5, 0.6) is 0 Å². The second-order valence-corrected chi connectivity index (χ2v) is 9.99. The zero-order valence-corrected chi connectivity index (χ0v) is 21.5. The third kappa shape index (κ3) is 4.15. The average molecular weight is 529 g/mol. The van der Waals surface area contributed by atoms with Gasteiger partial charge in [0.15, 0.2) is 11.4 Å². The van der Waals surface area contributed by atoms with E-state index in [0.717, 1.165) is 24.0 Å². The van der Waals surface area contributed by atoms with Gasteiger partial charge in [-0.25, -0.2) is 9.78 Å². The van der Waals surface area contributed by atoms with Crippen LogP contribution in [0, 0.1) is 0 Å². The third-order valence-electron chi connectivity index (χ3n) is 7.72. The number of aromatic nitrogens is 6. The lowest BCUT2D eigenvalue weighted by Gasteiger charge is -2.38. The summed E-state index contributed by atoms with van der Waals surface area (Å²) in [6, 6.07) is 7.03. The number of nitrogen functional groups attached to an aromatic ring is 1. The third-order valence-corrected chi connectivity index (χ3v) is 7.72. The van der Waals surface area contributed by atoms with Crippen molar-refractivity contribution in [3.8, 4) is 11.1 Å². The van der Waals surface area contributed by atoms with Crippen LogP contribution in [0.4, 0.5) is 16.3 Å². The fourth-order valence-corrected chi connectivity index (χ4v) is 5.98. The van der Waals surface area contributed by atoms with Crippen LogP contribution in [0.3, 0.4) is 0 Å². The number of carbonyl (C=O) groups excluding carboxylic acids is 3. The van der Waals surface area contributed by atoms with Crippen LogP contribution in [-0.2, 0) is 0 Å². The van der Waals surface area contributed by atoms with E-state index in [1.54, 1.807) is 25.4 Å². The van der Waals surface area contributed by atoms with Crippen molar-refractivity contribution in [2.75, 3.05) is 18.1 Å². The van der Waals surface area contributed by atoms with Gasteiger partial charge in [-0.1, -0.05) is 12.1 Å². The molecule has 200 valence electrons. The molecule has 5 N–H and O–H groups in total. The molecule has 39 heavy (non-hydrogen) atoms. The number of Topliss-reactive ketones (excluding diaryl/α,β-unsaturated/α-hetero) is 1. The molecule has 5 heterocycles.